The van der Waals surface area contributed by atoms with Crippen LogP contribution >= 0.6 is 0 Å². The van der Waals surface area contributed by atoms with Crippen molar-refractivity contribution in [3.63, 3.8) is 0 Å². The SMILES string of the molecule is O=C(CCCOc1ccc2c(c1)CCC(=O)N2)NCc1cccc(N2CCCCC2=O)c1. The Labute approximate surface area is 188 Å². The second-order valence-corrected chi connectivity index (χ2v) is 8.27. The Balaban J connectivity index is 1.19. The highest BCUT2D eigenvalue weighted by molar-refractivity contribution is 5.94. The van der Waals surface area contributed by atoms with Crippen LogP contribution < -0.4 is 20.3 Å². The van der Waals surface area contributed by atoms with Crippen LogP contribution in [-0.4, -0.2) is 30.9 Å². The number of anilines is 2. The highest BCUT2D eigenvalue weighted by Crippen LogP contribution is 2.27. The van der Waals surface area contributed by atoms with E-state index < -0.39 is 0 Å². The lowest BCUT2D eigenvalue weighted by molar-refractivity contribution is -0.121. The first-order valence-corrected chi connectivity index (χ1v) is 11.3. The van der Waals surface area contributed by atoms with Crippen molar-refractivity contribution < 1.29 is 19.1 Å². The minimum atomic E-state index is -0.0267. The summed E-state index contributed by atoms with van der Waals surface area (Å²) in [7, 11) is 0. The number of hydrogen-bond acceptors (Lipinski definition) is 4. The number of piperidine rings is 1. The van der Waals surface area contributed by atoms with Crippen LogP contribution in [0.1, 0.15) is 49.7 Å². The lowest BCUT2D eigenvalue weighted by Crippen LogP contribution is -2.35. The van der Waals surface area contributed by atoms with E-state index in [-0.39, 0.29) is 17.7 Å². The van der Waals surface area contributed by atoms with Gasteiger partial charge in [-0.3, -0.25) is 14.4 Å². The molecule has 0 aliphatic carbocycles. The molecule has 0 saturated carbocycles. The molecule has 4 rings (SSSR count). The Kier molecular flexibility index (Phi) is 7.04. The number of carbonyl (C=O) groups is 3. The minimum Gasteiger partial charge on any atom is -0.494 e. The molecule has 0 unspecified atom stereocenters. The van der Waals surface area contributed by atoms with Crippen molar-refractivity contribution >= 4 is 29.1 Å². The number of amides is 3. The predicted molar refractivity (Wildman–Crippen MR) is 123 cm³/mol. The predicted octanol–water partition coefficient (Wildman–Crippen LogP) is 3.56. The van der Waals surface area contributed by atoms with Gasteiger partial charge in [-0.2, -0.15) is 0 Å². The highest BCUT2D eigenvalue weighted by Gasteiger charge is 2.19. The van der Waals surface area contributed by atoms with E-state index in [0.29, 0.717) is 45.3 Å². The molecule has 2 aliphatic heterocycles. The number of hydrogen-bond donors (Lipinski definition) is 2. The van der Waals surface area contributed by atoms with E-state index >= 15 is 0 Å². The van der Waals surface area contributed by atoms with Crippen molar-refractivity contribution in [3.05, 3.63) is 53.6 Å². The Hall–Kier alpha value is -3.35. The van der Waals surface area contributed by atoms with Crippen LogP contribution in [0.5, 0.6) is 5.75 Å². The lowest BCUT2D eigenvalue weighted by Gasteiger charge is -2.27. The van der Waals surface area contributed by atoms with E-state index in [2.05, 4.69) is 10.6 Å². The number of carbonyl (C=O) groups excluding carboxylic acids is 3. The van der Waals surface area contributed by atoms with Crippen LogP contribution in [0.2, 0.25) is 0 Å². The average Bonchev–Trinajstić information content (AvgIpc) is 2.81. The summed E-state index contributed by atoms with van der Waals surface area (Å²) in [6.45, 7) is 1.64. The molecular weight excluding hydrogens is 406 g/mol. The molecule has 2 aromatic carbocycles. The fourth-order valence-corrected chi connectivity index (χ4v) is 4.07. The molecule has 2 aromatic rings. The monoisotopic (exact) mass is 435 g/mol. The Morgan fingerprint density at radius 3 is 2.84 bits per heavy atom. The van der Waals surface area contributed by atoms with Crippen molar-refractivity contribution in [2.75, 3.05) is 23.4 Å². The van der Waals surface area contributed by atoms with Gasteiger partial charge in [-0.1, -0.05) is 12.1 Å². The van der Waals surface area contributed by atoms with Gasteiger partial charge in [0.25, 0.3) is 0 Å². The molecule has 7 heteroatoms. The Bertz CT molecular complexity index is 1000. The summed E-state index contributed by atoms with van der Waals surface area (Å²) in [5.41, 5.74) is 3.81. The first-order chi connectivity index (χ1) is 15.6. The van der Waals surface area contributed by atoms with E-state index in [9.17, 15) is 14.4 Å². The molecule has 1 fully saturated rings. The van der Waals surface area contributed by atoms with E-state index in [1.54, 1.807) is 0 Å². The minimum absolute atomic E-state index is 0.0267. The number of benzene rings is 2. The quantitative estimate of drug-likeness (QED) is 0.621. The van der Waals surface area contributed by atoms with E-state index in [1.165, 1.54) is 0 Å². The van der Waals surface area contributed by atoms with Crippen LogP contribution in [0.25, 0.3) is 0 Å². The zero-order valence-corrected chi connectivity index (χ0v) is 18.2. The third-order valence-electron chi connectivity index (χ3n) is 5.82. The molecule has 0 aromatic heterocycles. The molecule has 32 heavy (non-hydrogen) atoms. The van der Waals surface area contributed by atoms with E-state index in [0.717, 1.165) is 47.6 Å². The summed E-state index contributed by atoms with van der Waals surface area (Å²) < 4.78 is 5.77. The maximum Gasteiger partial charge on any atom is 0.226 e. The topological polar surface area (TPSA) is 87.7 Å². The first-order valence-electron chi connectivity index (χ1n) is 11.3. The maximum atomic E-state index is 12.2. The molecule has 1 saturated heterocycles. The number of ether oxygens (including phenoxy) is 1. The van der Waals surface area contributed by atoms with Gasteiger partial charge in [0.15, 0.2) is 0 Å². The van der Waals surface area contributed by atoms with Crippen molar-refractivity contribution in [2.24, 2.45) is 0 Å². The Morgan fingerprint density at radius 2 is 1.97 bits per heavy atom. The smallest absolute Gasteiger partial charge is 0.226 e. The number of rotatable bonds is 8. The van der Waals surface area contributed by atoms with E-state index in [4.69, 9.17) is 4.74 Å². The second-order valence-electron chi connectivity index (χ2n) is 8.27. The fourth-order valence-electron chi connectivity index (χ4n) is 4.07. The van der Waals surface area contributed by atoms with Gasteiger partial charge < -0.3 is 20.3 Å². The van der Waals surface area contributed by atoms with Gasteiger partial charge in [0.2, 0.25) is 17.7 Å². The van der Waals surface area contributed by atoms with E-state index in [1.807, 2.05) is 47.4 Å². The van der Waals surface area contributed by atoms with Gasteiger partial charge in [-0.25, -0.2) is 0 Å². The summed E-state index contributed by atoms with van der Waals surface area (Å²) in [6, 6.07) is 13.5. The third-order valence-corrected chi connectivity index (χ3v) is 5.82. The summed E-state index contributed by atoms with van der Waals surface area (Å²) in [6.07, 6.45) is 4.79. The third kappa shape index (κ3) is 5.66. The maximum absolute atomic E-state index is 12.2. The molecule has 0 atom stereocenters. The van der Waals surface area contributed by atoms with Crippen molar-refractivity contribution in [1.82, 2.24) is 5.32 Å². The van der Waals surface area contributed by atoms with Gasteiger partial charge in [0.1, 0.15) is 5.75 Å². The summed E-state index contributed by atoms with van der Waals surface area (Å²) >= 11 is 0. The van der Waals surface area contributed by atoms with Crippen molar-refractivity contribution in [1.29, 1.82) is 0 Å². The molecule has 0 radical (unpaired) electrons. The largest absolute Gasteiger partial charge is 0.494 e. The summed E-state index contributed by atoms with van der Waals surface area (Å²) in [5.74, 6) is 0.940. The van der Waals surface area contributed by atoms with Gasteiger partial charge in [-0.05, 0) is 67.1 Å². The second kappa shape index (κ2) is 10.3. The zero-order valence-electron chi connectivity index (χ0n) is 18.2. The average molecular weight is 436 g/mol. The number of nitrogens with zero attached hydrogens (tertiary/aromatic N) is 1. The first kappa shape index (κ1) is 21.9. The van der Waals surface area contributed by atoms with Crippen molar-refractivity contribution in [2.45, 2.75) is 51.5 Å². The summed E-state index contributed by atoms with van der Waals surface area (Å²) in [5, 5.41) is 5.80. The van der Waals surface area contributed by atoms with Crippen LogP contribution in [-0.2, 0) is 27.3 Å². The molecule has 0 spiro atoms. The number of fused-ring (bicyclic) bond motifs is 1. The van der Waals surface area contributed by atoms with Crippen LogP contribution in [0.4, 0.5) is 11.4 Å². The highest BCUT2D eigenvalue weighted by atomic mass is 16.5. The summed E-state index contributed by atoms with van der Waals surface area (Å²) in [4.78, 5) is 37.6. The molecule has 7 nitrogen and oxygen atoms in total. The van der Waals surface area contributed by atoms with Gasteiger partial charge in [0.05, 0.1) is 6.61 Å². The lowest BCUT2D eigenvalue weighted by atomic mass is 10.0. The standard InChI is InChI=1S/C25H29N3O4/c29-23(7-4-14-32-21-10-11-22-19(16-21)9-12-24(30)27-22)26-17-18-5-3-6-20(15-18)28-13-2-1-8-25(28)31/h3,5-6,10-11,15-16H,1-2,4,7-9,12-14,17H2,(H,26,29)(H,27,30). The molecule has 2 aliphatic rings. The molecule has 3 amide bonds. The normalized spacial score (nSPS) is 15.7. The molecular formula is C25H29N3O4. The number of aryl methyl sites for hydroxylation is 1. The number of nitrogens with one attached hydrogen (secondary N) is 2. The fraction of sp³-hybridized carbons (Fsp3) is 0.400. The van der Waals surface area contributed by atoms with Gasteiger partial charge in [-0.15, -0.1) is 0 Å². The molecule has 2 heterocycles. The zero-order chi connectivity index (χ0) is 22.3. The van der Waals surface area contributed by atoms with Gasteiger partial charge >= 0.3 is 0 Å². The van der Waals surface area contributed by atoms with Crippen molar-refractivity contribution in [3.8, 4) is 5.75 Å². The van der Waals surface area contributed by atoms with Crippen LogP contribution in [0.3, 0.4) is 0 Å². The Morgan fingerprint density at radius 1 is 1.06 bits per heavy atom. The molecule has 2 N–H and O–H groups in total. The van der Waals surface area contributed by atoms with Gasteiger partial charge in [0, 0.05) is 43.7 Å². The molecule has 0 bridgehead atoms. The van der Waals surface area contributed by atoms with Crippen LogP contribution in [0, 0.1) is 0 Å². The molecule has 168 valence electrons. The van der Waals surface area contributed by atoms with Crippen LogP contribution in [0.15, 0.2) is 42.5 Å².